The van der Waals surface area contributed by atoms with Crippen LogP contribution in [0, 0.1) is 5.82 Å². The van der Waals surface area contributed by atoms with Gasteiger partial charge >= 0.3 is 0 Å². The SMILES string of the molecule is NC(CS)c1ccc(F)c(C(F)F)c1. The van der Waals surface area contributed by atoms with Crippen molar-refractivity contribution in [2.75, 3.05) is 5.75 Å². The Hall–Kier alpha value is -0.680. The van der Waals surface area contributed by atoms with Crippen LogP contribution in [0.25, 0.3) is 0 Å². The van der Waals surface area contributed by atoms with Crippen LogP contribution >= 0.6 is 12.6 Å². The maximum Gasteiger partial charge on any atom is 0.266 e. The highest BCUT2D eigenvalue weighted by atomic mass is 32.1. The Balaban J connectivity index is 3.06. The Kier molecular flexibility index (Phi) is 3.83. The number of rotatable bonds is 3. The number of halogens is 3. The van der Waals surface area contributed by atoms with Crippen molar-refractivity contribution in [1.29, 1.82) is 0 Å². The van der Waals surface area contributed by atoms with Crippen LogP contribution in [0.3, 0.4) is 0 Å². The maximum atomic E-state index is 12.8. The van der Waals surface area contributed by atoms with Gasteiger partial charge in [-0.1, -0.05) is 6.07 Å². The van der Waals surface area contributed by atoms with Crippen molar-refractivity contribution in [3.8, 4) is 0 Å². The molecule has 1 aromatic rings. The van der Waals surface area contributed by atoms with Gasteiger partial charge in [0.05, 0.1) is 5.56 Å². The van der Waals surface area contributed by atoms with E-state index in [0.717, 1.165) is 12.1 Å². The summed E-state index contributed by atoms with van der Waals surface area (Å²) in [5.41, 5.74) is 5.43. The lowest BCUT2D eigenvalue weighted by Gasteiger charge is -2.10. The molecule has 14 heavy (non-hydrogen) atoms. The molecule has 0 heterocycles. The number of thiol groups is 1. The zero-order valence-corrected chi connectivity index (χ0v) is 8.15. The summed E-state index contributed by atoms with van der Waals surface area (Å²) in [5.74, 6) is -0.580. The third kappa shape index (κ3) is 2.42. The molecule has 2 N–H and O–H groups in total. The zero-order chi connectivity index (χ0) is 10.7. The van der Waals surface area contributed by atoms with Crippen molar-refractivity contribution in [2.24, 2.45) is 5.73 Å². The van der Waals surface area contributed by atoms with Gasteiger partial charge in [0.15, 0.2) is 0 Å². The molecule has 0 saturated carbocycles. The van der Waals surface area contributed by atoms with Gasteiger partial charge in [-0.25, -0.2) is 13.2 Å². The molecule has 0 radical (unpaired) electrons. The quantitative estimate of drug-likeness (QED) is 0.754. The highest BCUT2D eigenvalue weighted by molar-refractivity contribution is 7.80. The Bertz CT molecular complexity index is 317. The van der Waals surface area contributed by atoms with Crippen LogP contribution in [0.2, 0.25) is 0 Å². The first-order chi connectivity index (χ1) is 6.56. The van der Waals surface area contributed by atoms with Crippen molar-refractivity contribution in [1.82, 2.24) is 0 Å². The molecule has 1 aromatic carbocycles. The fraction of sp³-hybridized carbons (Fsp3) is 0.333. The molecule has 0 aromatic heterocycles. The minimum atomic E-state index is -2.82. The van der Waals surface area contributed by atoms with E-state index in [9.17, 15) is 13.2 Å². The van der Waals surface area contributed by atoms with Gasteiger partial charge in [0.25, 0.3) is 6.43 Å². The van der Waals surface area contributed by atoms with E-state index in [-0.39, 0.29) is 0 Å². The average Bonchev–Trinajstić information content (AvgIpc) is 2.17. The first kappa shape index (κ1) is 11.4. The minimum Gasteiger partial charge on any atom is -0.323 e. The van der Waals surface area contributed by atoms with Crippen LogP contribution in [0.1, 0.15) is 23.6 Å². The molecule has 5 heteroatoms. The van der Waals surface area contributed by atoms with Crippen LogP contribution in [-0.2, 0) is 0 Å². The predicted molar refractivity (Wildman–Crippen MR) is 52.1 cm³/mol. The molecule has 0 amide bonds. The van der Waals surface area contributed by atoms with E-state index in [1.165, 1.54) is 6.07 Å². The average molecular weight is 221 g/mol. The highest BCUT2D eigenvalue weighted by Gasteiger charge is 2.15. The van der Waals surface area contributed by atoms with Crippen LogP contribution in [0.4, 0.5) is 13.2 Å². The Labute approximate surface area is 85.5 Å². The molecular formula is C9H10F3NS. The lowest BCUT2D eigenvalue weighted by molar-refractivity contribution is 0.146. The fourth-order valence-electron chi connectivity index (χ4n) is 1.07. The van der Waals surface area contributed by atoms with Crippen molar-refractivity contribution in [3.63, 3.8) is 0 Å². The molecular weight excluding hydrogens is 211 g/mol. The summed E-state index contributed by atoms with van der Waals surface area (Å²) >= 11 is 3.93. The lowest BCUT2D eigenvalue weighted by atomic mass is 10.1. The fourth-order valence-corrected chi connectivity index (χ4v) is 1.28. The van der Waals surface area contributed by atoms with Gasteiger partial charge < -0.3 is 5.73 Å². The van der Waals surface area contributed by atoms with E-state index in [1.54, 1.807) is 0 Å². The van der Waals surface area contributed by atoms with E-state index in [2.05, 4.69) is 12.6 Å². The zero-order valence-electron chi connectivity index (χ0n) is 7.25. The smallest absolute Gasteiger partial charge is 0.266 e. The van der Waals surface area contributed by atoms with Crippen LogP contribution < -0.4 is 5.73 Å². The molecule has 0 aliphatic heterocycles. The molecule has 1 rings (SSSR count). The maximum absolute atomic E-state index is 12.8. The van der Waals surface area contributed by atoms with E-state index in [1.807, 2.05) is 0 Å². The van der Waals surface area contributed by atoms with Gasteiger partial charge in [-0.2, -0.15) is 12.6 Å². The molecule has 1 atom stereocenters. The largest absolute Gasteiger partial charge is 0.323 e. The second-order valence-electron chi connectivity index (χ2n) is 2.87. The number of benzene rings is 1. The van der Waals surface area contributed by atoms with Crippen molar-refractivity contribution < 1.29 is 13.2 Å². The number of nitrogens with two attached hydrogens (primary N) is 1. The number of hydrogen-bond acceptors (Lipinski definition) is 2. The normalized spacial score (nSPS) is 13.3. The molecule has 78 valence electrons. The van der Waals surface area contributed by atoms with Gasteiger partial charge in [-0.15, -0.1) is 0 Å². The third-order valence-corrected chi connectivity index (χ3v) is 2.27. The Morgan fingerprint density at radius 2 is 2.00 bits per heavy atom. The highest BCUT2D eigenvalue weighted by Crippen LogP contribution is 2.25. The summed E-state index contributed by atoms with van der Waals surface area (Å²) in [7, 11) is 0. The topological polar surface area (TPSA) is 26.0 Å². The summed E-state index contributed by atoms with van der Waals surface area (Å²) < 4.78 is 37.4. The number of alkyl halides is 2. The monoisotopic (exact) mass is 221 g/mol. The molecule has 0 fully saturated rings. The second-order valence-corrected chi connectivity index (χ2v) is 3.24. The first-order valence-corrected chi connectivity index (χ1v) is 4.63. The molecule has 0 bridgehead atoms. The van der Waals surface area contributed by atoms with Gasteiger partial charge in [-0.3, -0.25) is 0 Å². The minimum absolute atomic E-state index is 0.328. The summed E-state index contributed by atoms with van der Waals surface area (Å²) in [4.78, 5) is 0. The molecule has 1 unspecified atom stereocenters. The van der Waals surface area contributed by atoms with Crippen LogP contribution in [0.5, 0.6) is 0 Å². The van der Waals surface area contributed by atoms with E-state index < -0.39 is 23.8 Å². The molecule has 1 nitrogen and oxygen atoms in total. The molecule has 0 aliphatic rings. The summed E-state index contributed by atoms with van der Waals surface area (Å²) in [6.45, 7) is 0. The third-order valence-electron chi connectivity index (χ3n) is 1.88. The van der Waals surface area contributed by atoms with Gasteiger partial charge in [0.1, 0.15) is 5.82 Å². The van der Waals surface area contributed by atoms with Crippen LogP contribution in [-0.4, -0.2) is 5.75 Å². The Morgan fingerprint density at radius 1 is 1.36 bits per heavy atom. The van der Waals surface area contributed by atoms with Crippen molar-refractivity contribution >= 4 is 12.6 Å². The Morgan fingerprint density at radius 3 is 2.50 bits per heavy atom. The molecule has 0 saturated heterocycles. The van der Waals surface area contributed by atoms with Gasteiger partial charge in [0.2, 0.25) is 0 Å². The number of hydrogen-bond donors (Lipinski definition) is 2. The molecule has 0 spiro atoms. The van der Waals surface area contributed by atoms with Crippen molar-refractivity contribution in [2.45, 2.75) is 12.5 Å². The lowest BCUT2D eigenvalue weighted by Crippen LogP contribution is -2.12. The van der Waals surface area contributed by atoms with Crippen LogP contribution in [0.15, 0.2) is 18.2 Å². The predicted octanol–water partition coefficient (Wildman–Crippen LogP) is 2.69. The standard InChI is InChI=1S/C9H10F3NS/c10-7-2-1-5(8(13)4-14)3-6(7)9(11)12/h1-3,8-9,14H,4,13H2. The van der Waals surface area contributed by atoms with E-state index in [0.29, 0.717) is 11.3 Å². The summed E-state index contributed by atoms with van der Waals surface area (Å²) in [5, 5.41) is 0. The summed E-state index contributed by atoms with van der Waals surface area (Å²) in [6.07, 6.45) is -2.82. The van der Waals surface area contributed by atoms with E-state index >= 15 is 0 Å². The second kappa shape index (κ2) is 4.70. The van der Waals surface area contributed by atoms with E-state index in [4.69, 9.17) is 5.73 Å². The van der Waals surface area contributed by atoms with Gasteiger partial charge in [0, 0.05) is 11.8 Å². The van der Waals surface area contributed by atoms with Gasteiger partial charge in [-0.05, 0) is 17.7 Å². The first-order valence-electron chi connectivity index (χ1n) is 4.00. The summed E-state index contributed by atoms with van der Waals surface area (Å²) in [6, 6.07) is 3.03. The van der Waals surface area contributed by atoms with Crippen molar-refractivity contribution in [3.05, 3.63) is 35.1 Å². The molecule has 0 aliphatic carbocycles.